The Kier molecular flexibility index (Phi) is 3.75. The van der Waals surface area contributed by atoms with Crippen LogP contribution in [0.4, 0.5) is 5.69 Å². The van der Waals surface area contributed by atoms with Crippen LogP contribution in [0.2, 0.25) is 0 Å². The van der Waals surface area contributed by atoms with E-state index in [1.165, 1.54) is 0 Å². The van der Waals surface area contributed by atoms with E-state index in [1.807, 2.05) is 6.07 Å². The Morgan fingerprint density at radius 3 is 2.81 bits per heavy atom. The molecule has 0 radical (unpaired) electrons. The van der Waals surface area contributed by atoms with E-state index in [9.17, 15) is 18.3 Å². The van der Waals surface area contributed by atoms with Crippen LogP contribution in [0.5, 0.6) is 0 Å². The van der Waals surface area contributed by atoms with E-state index >= 15 is 0 Å². The average Bonchev–Trinajstić information content (AvgIpc) is 2.45. The van der Waals surface area contributed by atoms with Crippen molar-refractivity contribution in [1.82, 2.24) is 0 Å². The summed E-state index contributed by atoms with van der Waals surface area (Å²) in [5.74, 6) is 0.154. The number of sulfone groups is 1. The number of hydrogen-bond acceptors (Lipinski definition) is 4. The summed E-state index contributed by atoms with van der Waals surface area (Å²) in [6, 6.07) is 5.28. The Labute approximate surface area is 124 Å². The highest BCUT2D eigenvalue weighted by atomic mass is 32.2. The second kappa shape index (κ2) is 5.42. The lowest BCUT2D eigenvalue weighted by Crippen LogP contribution is -2.34. The van der Waals surface area contributed by atoms with E-state index in [-0.39, 0.29) is 11.7 Å². The van der Waals surface area contributed by atoms with Crippen LogP contribution in [0.1, 0.15) is 42.9 Å². The zero-order valence-electron chi connectivity index (χ0n) is 11.7. The summed E-state index contributed by atoms with van der Waals surface area (Å²) < 4.78 is 24.2. The standard InChI is InChI=1S/C15H19NO4S/c17-14-7-5-10-9-11(4-6-12(10)16-14)15(18)13-3-1-2-8-21(13,19)20/h4,6,9,13,15,18H,1-3,5,7-8H2,(H,16,17). The fourth-order valence-corrected chi connectivity index (χ4v) is 5.12. The van der Waals surface area contributed by atoms with Gasteiger partial charge in [0.25, 0.3) is 0 Å². The lowest BCUT2D eigenvalue weighted by Gasteiger charge is -2.28. The van der Waals surface area contributed by atoms with Crippen molar-refractivity contribution in [3.8, 4) is 0 Å². The first-order valence-corrected chi connectivity index (χ1v) is 9.01. The molecule has 114 valence electrons. The van der Waals surface area contributed by atoms with E-state index in [1.54, 1.807) is 12.1 Å². The fraction of sp³-hybridized carbons (Fsp3) is 0.533. The number of carbonyl (C=O) groups is 1. The Morgan fingerprint density at radius 2 is 2.05 bits per heavy atom. The van der Waals surface area contributed by atoms with Gasteiger partial charge in [0.05, 0.1) is 17.1 Å². The predicted octanol–water partition coefficient (Wildman–Crippen LogP) is 1.57. The molecular weight excluding hydrogens is 290 g/mol. The number of carbonyl (C=O) groups excluding carboxylic acids is 1. The molecule has 1 aromatic rings. The number of aliphatic hydroxyl groups is 1. The second-order valence-corrected chi connectivity index (χ2v) is 8.15. The number of amides is 1. The minimum Gasteiger partial charge on any atom is -0.387 e. The van der Waals surface area contributed by atoms with Gasteiger partial charge in [-0.2, -0.15) is 0 Å². The Morgan fingerprint density at radius 1 is 1.24 bits per heavy atom. The van der Waals surface area contributed by atoms with Crippen molar-refractivity contribution in [2.24, 2.45) is 0 Å². The number of nitrogens with one attached hydrogen (secondary N) is 1. The quantitative estimate of drug-likeness (QED) is 0.868. The van der Waals surface area contributed by atoms with Gasteiger partial charge in [0, 0.05) is 12.1 Å². The van der Waals surface area contributed by atoms with Gasteiger partial charge in [0.15, 0.2) is 9.84 Å². The molecule has 0 bridgehead atoms. The third kappa shape index (κ3) is 2.82. The van der Waals surface area contributed by atoms with Crippen LogP contribution < -0.4 is 5.32 Å². The van der Waals surface area contributed by atoms with Crippen molar-refractivity contribution in [1.29, 1.82) is 0 Å². The third-order valence-electron chi connectivity index (χ3n) is 4.35. The minimum absolute atomic E-state index is 0.00865. The Balaban J connectivity index is 1.88. The highest BCUT2D eigenvalue weighted by Crippen LogP contribution is 2.33. The first-order valence-electron chi connectivity index (χ1n) is 7.30. The molecule has 1 saturated heterocycles. The maximum atomic E-state index is 12.1. The molecular formula is C15H19NO4S. The molecule has 3 rings (SSSR count). The molecule has 2 heterocycles. The van der Waals surface area contributed by atoms with Crippen molar-refractivity contribution in [2.75, 3.05) is 11.1 Å². The lowest BCUT2D eigenvalue weighted by atomic mass is 9.96. The zero-order valence-corrected chi connectivity index (χ0v) is 12.5. The third-order valence-corrected chi connectivity index (χ3v) is 6.62. The van der Waals surface area contributed by atoms with Crippen molar-refractivity contribution >= 4 is 21.4 Å². The van der Waals surface area contributed by atoms with Gasteiger partial charge in [-0.15, -0.1) is 0 Å². The molecule has 1 aromatic carbocycles. The largest absolute Gasteiger partial charge is 0.387 e. The maximum Gasteiger partial charge on any atom is 0.224 e. The molecule has 6 heteroatoms. The van der Waals surface area contributed by atoms with Crippen molar-refractivity contribution in [3.63, 3.8) is 0 Å². The van der Waals surface area contributed by atoms with Gasteiger partial charge in [-0.3, -0.25) is 4.79 Å². The van der Waals surface area contributed by atoms with Gasteiger partial charge in [0.1, 0.15) is 0 Å². The molecule has 0 saturated carbocycles. The molecule has 0 aromatic heterocycles. The van der Waals surface area contributed by atoms with Gasteiger partial charge in [0.2, 0.25) is 5.91 Å². The van der Waals surface area contributed by atoms with Gasteiger partial charge in [-0.1, -0.05) is 18.6 Å². The molecule has 2 unspecified atom stereocenters. The number of hydrogen-bond donors (Lipinski definition) is 2. The Hall–Kier alpha value is -1.40. The number of anilines is 1. The topological polar surface area (TPSA) is 83.5 Å². The highest BCUT2D eigenvalue weighted by molar-refractivity contribution is 7.92. The summed E-state index contributed by atoms with van der Waals surface area (Å²) in [5.41, 5.74) is 2.34. The zero-order chi connectivity index (χ0) is 15.0. The lowest BCUT2D eigenvalue weighted by molar-refractivity contribution is -0.116. The van der Waals surface area contributed by atoms with Crippen LogP contribution in [0.3, 0.4) is 0 Å². The molecule has 0 spiro atoms. The van der Waals surface area contributed by atoms with E-state index in [0.717, 1.165) is 17.7 Å². The van der Waals surface area contributed by atoms with Crippen LogP contribution in [0.15, 0.2) is 18.2 Å². The monoisotopic (exact) mass is 309 g/mol. The van der Waals surface area contributed by atoms with Gasteiger partial charge >= 0.3 is 0 Å². The number of fused-ring (bicyclic) bond motifs is 1. The molecule has 21 heavy (non-hydrogen) atoms. The van der Waals surface area contributed by atoms with Crippen molar-refractivity contribution in [3.05, 3.63) is 29.3 Å². The molecule has 2 aliphatic rings. The average molecular weight is 309 g/mol. The van der Waals surface area contributed by atoms with Crippen molar-refractivity contribution < 1.29 is 18.3 Å². The molecule has 1 amide bonds. The van der Waals surface area contributed by atoms with Crippen molar-refractivity contribution in [2.45, 2.75) is 43.5 Å². The molecule has 5 nitrogen and oxygen atoms in total. The van der Waals surface area contributed by atoms with Crippen LogP contribution >= 0.6 is 0 Å². The number of aliphatic hydroxyl groups excluding tert-OH is 1. The van der Waals surface area contributed by atoms with Crippen LogP contribution in [-0.4, -0.2) is 30.4 Å². The number of benzene rings is 1. The Bertz CT molecular complexity index is 668. The fourth-order valence-electron chi connectivity index (χ4n) is 3.14. The normalized spacial score (nSPS) is 25.8. The van der Waals surface area contributed by atoms with Gasteiger partial charge in [-0.05, 0) is 36.5 Å². The smallest absolute Gasteiger partial charge is 0.224 e. The summed E-state index contributed by atoms with van der Waals surface area (Å²) in [4.78, 5) is 11.3. The van der Waals surface area contributed by atoms with Gasteiger partial charge < -0.3 is 10.4 Å². The maximum absolute atomic E-state index is 12.1. The van der Waals surface area contributed by atoms with Crippen LogP contribution in [0.25, 0.3) is 0 Å². The summed E-state index contributed by atoms with van der Waals surface area (Å²) in [7, 11) is -3.22. The second-order valence-electron chi connectivity index (χ2n) is 5.81. The molecule has 0 aliphatic carbocycles. The van der Waals surface area contributed by atoms with Crippen LogP contribution in [-0.2, 0) is 21.1 Å². The predicted molar refractivity (Wildman–Crippen MR) is 79.8 cm³/mol. The van der Waals surface area contributed by atoms with Gasteiger partial charge in [-0.25, -0.2) is 8.42 Å². The van der Waals surface area contributed by atoms with E-state index in [2.05, 4.69) is 5.32 Å². The molecule has 2 N–H and O–H groups in total. The number of rotatable bonds is 2. The summed E-state index contributed by atoms with van der Waals surface area (Å²) in [6.45, 7) is 0. The summed E-state index contributed by atoms with van der Waals surface area (Å²) in [5, 5.41) is 12.5. The SMILES string of the molecule is O=C1CCc2cc(C(O)C3CCCCS3(=O)=O)ccc2N1. The number of aryl methyl sites for hydroxylation is 1. The van der Waals surface area contributed by atoms with E-state index in [0.29, 0.717) is 31.2 Å². The first kappa shape index (κ1) is 14.5. The van der Waals surface area contributed by atoms with E-state index < -0.39 is 21.2 Å². The van der Waals surface area contributed by atoms with Crippen LogP contribution in [0, 0.1) is 0 Å². The minimum atomic E-state index is -3.22. The van der Waals surface area contributed by atoms with E-state index in [4.69, 9.17) is 0 Å². The molecule has 2 atom stereocenters. The molecule has 1 fully saturated rings. The summed E-state index contributed by atoms with van der Waals surface area (Å²) >= 11 is 0. The summed E-state index contributed by atoms with van der Waals surface area (Å²) in [6.07, 6.45) is 2.09. The highest BCUT2D eigenvalue weighted by Gasteiger charge is 2.35. The first-order chi connectivity index (χ1) is 9.97. The molecule has 2 aliphatic heterocycles.